The van der Waals surface area contributed by atoms with Crippen LogP contribution in [0.2, 0.25) is 0 Å². The molecule has 1 heterocycles. The molecule has 0 aromatic carbocycles. The first-order valence-corrected chi connectivity index (χ1v) is 4.58. The zero-order chi connectivity index (χ0) is 7.42. The first-order chi connectivity index (χ1) is 5.38. The Morgan fingerprint density at radius 3 is 2.91 bits per heavy atom. The smallest absolute Gasteiger partial charge is 0.170 e. The Bertz CT molecular complexity index is 265. The van der Waals surface area contributed by atoms with Crippen LogP contribution in [0.1, 0.15) is 32.1 Å². The number of nitrogens with zero attached hydrogens (tertiary/aromatic N) is 2. The Hall–Kier alpha value is -0.660. The van der Waals surface area contributed by atoms with Crippen molar-refractivity contribution in [2.24, 2.45) is 5.92 Å². The fourth-order valence-electron chi connectivity index (χ4n) is 3.05. The summed E-state index contributed by atoms with van der Waals surface area (Å²) in [6.45, 7) is 0. The third-order valence-corrected chi connectivity index (χ3v) is 3.51. The number of hydrogen-bond donors (Lipinski definition) is 0. The normalized spacial score (nSPS) is 40.5. The summed E-state index contributed by atoms with van der Waals surface area (Å²) in [6, 6.07) is 0.475. The largest absolute Gasteiger partial charge is 0.500 e. The standard InChI is InChI=1S/C9H12N2/c10-11-8-3-1-2-6-7(8)4-5-9(6)11/h6,9H,1-5H2. The maximum Gasteiger partial charge on any atom is 0.170 e. The van der Waals surface area contributed by atoms with Gasteiger partial charge < -0.3 is 5.53 Å². The molecule has 2 unspecified atom stereocenters. The molecule has 0 aromatic heterocycles. The molecule has 0 N–H and O–H groups in total. The van der Waals surface area contributed by atoms with E-state index in [1.807, 2.05) is 0 Å². The minimum absolute atomic E-state index is 0.475. The third kappa shape index (κ3) is 0.547. The van der Waals surface area contributed by atoms with E-state index in [9.17, 15) is 5.53 Å². The first-order valence-electron chi connectivity index (χ1n) is 4.58. The summed E-state index contributed by atoms with van der Waals surface area (Å²) in [5.41, 5.74) is 12.5. The molecule has 3 rings (SSSR count). The van der Waals surface area contributed by atoms with Gasteiger partial charge in [-0.3, -0.25) is 4.70 Å². The van der Waals surface area contributed by atoms with E-state index in [0.29, 0.717) is 6.04 Å². The van der Waals surface area contributed by atoms with Crippen LogP contribution in [0.15, 0.2) is 11.3 Å². The van der Waals surface area contributed by atoms with Crippen LogP contribution in [0, 0.1) is 5.92 Å². The Morgan fingerprint density at radius 2 is 2.18 bits per heavy atom. The number of rotatable bonds is 0. The van der Waals surface area contributed by atoms with Crippen LogP contribution in [-0.2, 0) is 0 Å². The van der Waals surface area contributed by atoms with Crippen molar-refractivity contribution >= 4 is 0 Å². The van der Waals surface area contributed by atoms with Crippen LogP contribution in [-0.4, -0.2) is 10.7 Å². The Kier molecular flexibility index (Phi) is 0.935. The zero-order valence-corrected chi connectivity index (χ0v) is 6.58. The van der Waals surface area contributed by atoms with Gasteiger partial charge in [-0.05, 0) is 19.3 Å². The molecule has 2 heteroatoms. The van der Waals surface area contributed by atoms with Gasteiger partial charge in [0.15, 0.2) is 11.7 Å². The molecule has 0 saturated heterocycles. The van der Waals surface area contributed by atoms with Crippen molar-refractivity contribution in [2.75, 3.05) is 0 Å². The van der Waals surface area contributed by atoms with E-state index in [-0.39, 0.29) is 0 Å². The van der Waals surface area contributed by atoms with E-state index >= 15 is 0 Å². The Labute approximate surface area is 66.4 Å². The average Bonchev–Trinajstić information content (AvgIpc) is 2.50. The minimum atomic E-state index is 0.475. The lowest BCUT2D eigenvalue weighted by atomic mass is 9.90. The maximum absolute atomic E-state index is 9.66. The van der Waals surface area contributed by atoms with Crippen molar-refractivity contribution in [2.45, 2.75) is 38.1 Å². The van der Waals surface area contributed by atoms with Crippen molar-refractivity contribution < 1.29 is 4.70 Å². The molecule has 1 saturated carbocycles. The first kappa shape index (κ1) is 5.92. The maximum atomic E-state index is 9.66. The second-order valence-electron chi connectivity index (χ2n) is 3.92. The molecule has 2 atom stereocenters. The lowest BCUT2D eigenvalue weighted by Gasteiger charge is -2.12. The second-order valence-corrected chi connectivity index (χ2v) is 3.92. The summed E-state index contributed by atoms with van der Waals surface area (Å²) in [5.74, 6) is 0.740. The summed E-state index contributed by atoms with van der Waals surface area (Å²) in [4.78, 5) is 0. The van der Waals surface area contributed by atoms with Crippen LogP contribution in [0.4, 0.5) is 0 Å². The van der Waals surface area contributed by atoms with Crippen LogP contribution >= 0.6 is 0 Å². The van der Waals surface area contributed by atoms with Crippen molar-refractivity contribution in [1.82, 2.24) is 0 Å². The van der Waals surface area contributed by atoms with Gasteiger partial charge in [0.2, 0.25) is 0 Å². The van der Waals surface area contributed by atoms with E-state index in [2.05, 4.69) is 0 Å². The fraction of sp³-hybridized carbons (Fsp3) is 0.778. The molecule has 4 bridgehead atoms. The molecule has 2 nitrogen and oxygen atoms in total. The van der Waals surface area contributed by atoms with E-state index in [0.717, 1.165) is 12.3 Å². The van der Waals surface area contributed by atoms with Gasteiger partial charge in [0.05, 0.1) is 0 Å². The molecule has 1 fully saturated rings. The van der Waals surface area contributed by atoms with Crippen molar-refractivity contribution in [3.63, 3.8) is 0 Å². The predicted octanol–water partition coefficient (Wildman–Crippen LogP) is 2.25. The van der Waals surface area contributed by atoms with E-state index in [4.69, 9.17) is 0 Å². The average molecular weight is 148 g/mol. The molecular weight excluding hydrogens is 136 g/mol. The summed E-state index contributed by atoms with van der Waals surface area (Å²) in [6.07, 6.45) is 6.19. The lowest BCUT2D eigenvalue weighted by Crippen LogP contribution is -2.19. The summed E-state index contributed by atoms with van der Waals surface area (Å²) >= 11 is 0. The molecule has 0 aromatic rings. The van der Waals surface area contributed by atoms with E-state index in [1.54, 1.807) is 10.3 Å². The quantitative estimate of drug-likeness (QED) is 0.471. The topological polar surface area (TPSA) is 25.3 Å². The van der Waals surface area contributed by atoms with Gasteiger partial charge in [-0.15, -0.1) is 0 Å². The lowest BCUT2D eigenvalue weighted by molar-refractivity contribution is -0.536. The highest BCUT2D eigenvalue weighted by molar-refractivity contribution is 5.25. The molecule has 2 aliphatic carbocycles. The highest BCUT2D eigenvalue weighted by atomic mass is 15.2. The zero-order valence-electron chi connectivity index (χ0n) is 6.58. The van der Waals surface area contributed by atoms with Gasteiger partial charge in [-0.2, -0.15) is 0 Å². The fourth-order valence-corrected chi connectivity index (χ4v) is 3.05. The Morgan fingerprint density at radius 1 is 1.27 bits per heavy atom. The molecular formula is C9H12N2. The molecule has 58 valence electrons. The van der Waals surface area contributed by atoms with Crippen LogP contribution in [0.5, 0.6) is 0 Å². The molecule has 11 heavy (non-hydrogen) atoms. The predicted molar refractivity (Wildman–Crippen MR) is 41.0 cm³/mol. The highest BCUT2D eigenvalue weighted by Gasteiger charge is 2.49. The summed E-state index contributed by atoms with van der Waals surface area (Å²) in [5, 5.41) is 0. The molecule has 1 aliphatic heterocycles. The highest BCUT2D eigenvalue weighted by Crippen LogP contribution is 2.49. The third-order valence-electron chi connectivity index (χ3n) is 3.51. The SMILES string of the molecule is [N-]=[N+]1C2=C3CCC1C3CCC2. The minimum Gasteiger partial charge on any atom is -0.500 e. The number of allylic oxidation sites excluding steroid dienone is 1. The second kappa shape index (κ2) is 1.74. The van der Waals surface area contributed by atoms with Crippen LogP contribution in [0.3, 0.4) is 0 Å². The molecule has 3 aliphatic rings. The van der Waals surface area contributed by atoms with Gasteiger partial charge in [-0.1, -0.05) is 0 Å². The van der Waals surface area contributed by atoms with Gasteiger partial charge in [0.25, 0.3) is 0 Å². The summed E-state index contributed by atoms with van der Waals surface area (Å²) in [7, 11) is 0. The Balaban J connectivity index is 2.18. The van der Waals surface area contributed by atoms with E-state index < -0.39 is 0 Å². The van der Waals surface area contributed by atoms with Crippen molar-refractivity contribution in [3.8, 4) is 0 Å². The van der Waals surface area contributed by atoms with Gasteiger partial charge in [0.1, 0.15) is 0 Å². The van der Waals surface area contributed by atoms with Gasteiger partial charge in [0, 0.05) is 24.3 Å². The monoisotopic (exact) mass is 148 g/mol. The van der Waals surface area contributed by atoms with Crippen molar-refractivity contribution in [1.29, 1.82) is 0 Å². The van der Waals surface area contributed by atoms with Gasteiger partial charge >= 0.3 is 0 Å². The van der Waals surface area contributed by atoms with Gasteiger partial charge in [-0.25, -0.2) is 0 Å². The van der Waals surface area contributed by atoms with Crippen LogP contribution in [0.25, 0.3) is 5.53 Å². The van der Waals surface area contributed by atoms with Crippen molar-refractivity contribution in [3.05, 3.63) is 16.8 Å². The summed E-state index contributed by atoms with van der Waals surface area (Å²) < 4.78 is 1.57. The molecule has 0 spiro atoms. The molecule has 0 radical (unpaired) electrons. The molecule has 0 amide bonds. The number of hydrogen-bond acceptors (Lipinski definition) is 0. The van der Waals surface area contributed by atoms with Crippen LogP contribution < -0.4 is 0 Å². The van der Waals surface area contributed by atoms with E-state index in [1.165, 1.54) is 31.4 Å².